The van der Waals surface area contributed by atoms with E-state index in [4.69, 9.17) is 11.0 Å². The molecule has 0 atom stereocenters. The van der Waals surface area contributed by atoms with Crippen LogP contribution in [0.15, 0.2) is 12.1 Å². The number of benzene rings is 1. The molecular formula is C10H10N2O. The smallest absolute Gasteiger partial charge is 0.248 e. The van der Waals surface area contributed by atoms with Gasteiger partial charge in [-0.25, -0.2) is 0 Å². The fourth-order valence-corrected chi connectivity index (χ4v) is 1.28. The second-order valence-corrected chi connectivity index (χ2v) is 2.96. The van der Waals surface area contributed by atoms with Gasteiger partial charge in [0, 0.05) is 5.56 Å². The Morgan fingerprint density at radius 2 is 1.85 bits per heavy atom. The van der Waals surface area contributed by atoms with E-state index in [0.717, 1.165) is 11.1 Å². The summed E-state index contributed by atoms with van der Waals surface area (Å²) in [7, 11) is 0. The van der Waals surface area contributed by atoms with Crippen LogP contribution < -0.4 is 5.73 Å². The zero-order valence-electron chi connectivity index (χ0n) is 7.59. The topological polar surface area (TPSA) is 66.9 Å². The summed E-state index contributed by atoms with van der Waals surface area (Å²) in [5, 5.41) is 8.76. The highest BCUT2D eigenvalue weighted by Gasteiger charge is 2.07. The molecule has 0 saturated carbocycles. The highest BCUT2D eigenvalue weighted by Crippen LogP contribution is 2.14. The molecule has 1 aromatic carbocycles. The molecule has 1 aromatic rings. The van der Waals surface area contributed by atoms with Gasteiger partial charge in [-0.15, -0.1) is 0 Å². The molecule has 0 aliphatic rings. The third-order valence-electron chi connectivity index (χ3n) is 1.93. The van der Waals surface area contributed by atoms with Crippen molar-refractivity contribution in [3.63, 3.8) is 0 Å². The van der Waals surface area contributed by atoms with Gasteiger partial charge in [0.25, 0.3) is 0 Å². The molecule has 0 unspecified atom stereocenters. The Labute approximate surface area is 76.8 Å². The van der Waals surface area contributed by atoms with Crippen LogP contribution >= 0.6 is 0 Å². The maximum atomic E-state index is 10.8. The minimum absolute atomic E-state index is 0.453. The first-order valence-electron chi connectivity index (χ1n) is 3.87. The van der Waals surface area contributed by atoms with Crippen molar-refractivity contribution < 1.29 is 4.79 Å². The van der Waals surface area contributed by atoms with Crippen LogP contribution in [0.5, 0.6) is 0 Å². The summed E-state index contributed by atoms with van der Waals surface area (Å²) in [5.74, 6) is -0.462. The minimum Gasteiger partial charge on any atom is -0.366 e. The number of carbonyl (C=O) groups excluding carboxylic acids is 1. The number of carbonyl (C=O) groups is 1. The summed E-state index contributed by atoms with van der Waals surface area (Å²) in [6.07, 6.45) is 0. The first-order valence-corrected chi connectivity index (χ1v) is 3.87. The molecule has 0 saturated heterocycles. The summed E-state index contributed by atoms with van der Waals surface area (Å²) in [6, 6.07) is 5.34. The van der Waals surface area contributed by atoms with Crippen molar-refractivity contribution >= 4 is 5.91 Å². The Balaban J connectivity index is 3.39. The number of hydrogen-bond donors (Lipinski definition) is 1. The number of amides is 1. The number of nitriles is 1. The molecule has 1 amide bonds. The van der Waals surface area contributed by atoms with Crippen LogP contribution in [0.2, 0.25) is 0 Å². The molecule has 66 valence electrons. The van der Waals surface area contributed by atoms with Crippen LogP contribution in [0.3, 0.4) is 0 Å². The lowest BCUT2D eigenvalue weighted by molar-refractivity contribution is 0.1000. The van der Waals surface area contributed by atoms with Gasteiger partial charge in [0.05, 0.1) is 11.6 Å². The largest absolute Gasteiger partial charge is 0.366 e. The molecule has 3 nitrogen and oxygen atoms in total. The summed E-state index contributed by atoms with van der Waals surface area (Å²) in [5.41, 5.74) is 7.77. The first-order chi connectivity index (χ1) is 6.06. The lowest BCUT2D eigenvalue weighted by atomic mass is 10.0. The SMILES string of the molecule is Cc1cc(C(N)=O)cc(C)c1C#N. The van der Waals surface area contributed by atoms with Crippen LogP contribution in [-0.2, 0) is 0 Å². The van der Waals surface area contributed by atoms with Crippen LogP contribution in [-0.4, -0.2) is 5.91 Å². The van der Waals surface area contributed by atoms with Gasteiger partial charge in [-0.2, -0.15) is 5.26 Å². The van der Waals surface area contributed by atoms with Crippen LogP contribution in [0.25, 0.3) is 0 Å². The van der Waals surface area contributed by atoms with E-state index in [9.17, 15) is 4.79 Å². The van der Waals surface area contributed by atoms with Crippen molar-refractivity contribution in [2.45, 2.75) is 13.8 Å². The zero-order chi connectivity index (χ0) is 10.0. The molecule has 0 spiro atoms. The predicted octanol–water partition coefficient (Wildman–Crippen LogP) is 1.27. The Bertz CT molecular complexity index is 379. The molecule has 0 aliphatic carbocycles. The molecule has 0 radical (unpaired) electrons. The van der Waals surface area contributed by atoms with E-state index < -0.39 is 5.91 Å². The van der Waals surface area contributed by atoms with Crippen molar-refractivity contribution in [2.75, 3.05) is 0 Å². The fourth-order valence-electron chi connectivity index (χ4n) is 1.28. The highest BCUT2D eigenvalue weighted by molar-refractivity contribution is 5.93. The van der Waals surface area contributed by atoms with Gasteiger partial charge in [0.2, 0.25) is 5.91 Å². The van der Waals surface area contributed by atoms with Crippen molar-refractivity contribution in [1.29, 1.82) is 5.26 Å². The van der Waals surface area contributed by atoms with Crippen LogP contribution in [0, 0.1) is 25.2 Å². The number of aryl methyl sites for hydroxylation is 2. The average Bonchev–Trinajstić information content (AvgIpc) is 2.03. The first kappa shape index (κ1) is 9.27. The van der Waals surface area contributed by atoms with Crippen molar-refractivity contribution in [3.8, 4) is 6.07 Å². The normalized spacial score (nSPS) is 9.31. The molecule has 2 N–H and O–H groups in total. The molecule has 3 heteroatoms. The molecule has 0 aliphatic heterocycles. The molecule has 0 bridgehead atoms. The van der Waals surface area contributed by atoms with Gasteiger partial charge in [0.15, 0.2) is 0 Å². The number of nitrogens with two attached hydrogens (primary N) is 1. The molecule has 1 rings (SSSR count). The van der Waals surface area contributed by atoms with Gasteiger partial charge in [-0.1, -0.05) is 0 Å². The van der Waals surface area contributed by atoms with Gasteiger partial charge in [-0.3, -0.25) is 4.79 Å². The minimum atomic E-state index is -0.462. The lowest BCUT2D eigenvalue weighted by Gasteiger charge is -2.03. The van der Waals surface area contributed by atoms with Gasteiger partial charge >= 0.3 is 0 Å². The third-order valence-corrected chi connectivity index (χ3v) is 1.93. The van der Waals surface area contributed by atoms with E-state index in [2.05, 4.69) is 6.07 Å². The van der Waals surface area contributed by atoms with E-state index in [0.29, 0.717) is 11.1 Å². The standard InChI is InChI=1S/C10H10N2O/c1-6-3-8(10(12)13)4-7(2)9(6)5-11/h3-4H,1-2H3,(H2,12,13). The Morgan fingerprint density at radius 3 is 2.15 bits per heavy atom. The van der Waals surface area contributed by atoms with Crippen molar-refractivity contribution in [2.24, 2.45) is 5.73 Å². The summed E-state index contributed by atoms with van der Waals surface area (Å²) in [6.45, 7) is 3.58. The zero-order valence-corrected chi connectivity index (χ0v) is 7.59. The van der Waals surface area contributed by atoms with Crippen molar-refractivity contribution in [3.05, 3.63) is 34.4 Å². The molecule has 0 fully saturated rings. The van der Waals surface area contributed by atoms with E-state index in [1.165, 1.54) is 0 Å². The van der Waals surface area contributed by atoms with Crippen LogP contribution in [0.4, 0.5) is 0 Å². The average molecular weight is 174 g/mol. The summed E-state index contributed by atoms with van der Waals surface area (Å²) >= 11 is 0. The van der Waals surface area contributed by atoms with Gasteiger partial charge in [-0.05, 0) is 37.1 Å². The molecule has 0 aromatic heterocycles. The third kappa shape index (κ3) is 1.67. The van der Waals surface area contributed by atoms with E-state index >= 15 is 0 Å². The summed E-state index contributed by atoms with van der Waals surface area (Å²) < 4.78 is 0. The van der Waals surface area contributed by atoms with Crippen LogP contribution in [0.1, 0.15) is 27.0 Å². The van der Waals surface area contributed by atoms with Gasteiger partial charge < -0.3 is 5.73 Å². The quantitative estimate of drug-likeness (QED) is 0.696. The maximum absolute atomic E-state index is 10.8. The second kappa shape index (κ2) is 3.28. The number of primary amides is 1. The monoisotopic (exact) mass is 174 g/mol. The van der Waals surface area contributed by atoms with E-state index in [1.54, 1.807) is 26.0 Å². The Kier molecular flexibility index (Phi) is 2.34. The second-order valence-electron chi connectivity index (χ2n) is 2.96. The number of rotatable bonds is 1. The van der Waals surface area contributed by atoms with Gasteiger partial charge in [0.1, 0.15) is 0 Å². The molecular weight excluding hydrogens is 164 g/mol. The highest BCUT2D eigenvalue weighted by atomic mass is 16.1. The Morgan fingerprint density at radius 1 is 1.38 bits per heavy atom. The molecule has 0 heterocycles. The number of nitrogens with zero attached hydrogens (tertiary/aromatic N) is 1. The lowest BCUT2D eigenvalue weighted by Crippen LogP contribution is -2.11. The number of hydrogen-bond acceptors (Lipinski definition) is 2. The van der Waals surface area contributed by atoms with Crippen molar-refractivity contribution in [1.82, 2.24) is 0 Å². The Hall–Kier alpha value is -1.82. The molecule has 13 heavy (non-hydrogen) atoms. The maximum Gasteiger partial charge on any atom is 0.248 e. The summed E-state index contributed by atoms with van der Waals surface area (Å²) in [4.78, 5) is 10.8. The predicted molar refractivity (Wildman–Crippen MR) is 49.1 cm³/mol. The van der Waals surface area contributed by atoms with E-state index in [-0.39, 0.29) is 0 Å². The van der Waals surface area contributed by atoms with E-state index in [1.807, 2.05) is 0 Å². The fraction of sp³-hybridized carbons (Fsp3) is 0.200.